The average molecular weight is 393 g/mol. The van der Waals surface area contributed by atoms with Crippen LogP contribution in [0.3, 0.4) is 0 Å². The summed E-state index contributed by atoms with van der Waals surface area (Å²) in [5.41, 5.74) is 1.40. The fraction of sp³-hybridized carbons (Fsp3) is 0.188. The van der Waals surface area contributed by atoms with Crippen LogP contribution >= 0.6 is 27.3 Å². The summed E-state index contributed by atoms with van der Waals surface area (Å²) in [5.74, 6) is -0.382. The summed E-state index contributed by atoms with van der Waals surface area (Å²) in [4.78, 5) is 16.5. The Morgan fingerprint density at radius 1 is 1.57 bits per heavy atom. The summed E-state index contributed by atoms with van der Waals surface area (Å²) >= 11 is 4.42. The molecular formula is C16H13BrN2O3S. The largest absolute Gasteiger partial charge is 0.507 e. The van der Waals surface area contributed by atoms with E-state index >= 15 is 0 Å². The minimum absolute atomic E-state index is 0.0781. The van der Waals surface area contributed by atoms with Gasteiger partial charge in [0.2, 0.25) is 0 Å². The molecule has 0 amide bonds. The number of thiophene rings is 1. The van der Waals surface area contributed by atoms with E-state index in [0.29, 0.717) is 26.6 Å². The van der Waals surface area contributed by atoms with Gasteiger partial charge in [-0.25, -0.2) is 9.79 Å². The molecule has 0 aliphatic heterocycles. The number of esters is 1. The molecule has 0 atom stereocenters. The maximum atomic E-state index is 11.9. The van der Waals surface area contributed by atoms with Gasteiger partial charge in [0.15, 0.2) is 0 Å². The summed E-state index contributed by atoms with van der Waals surface area (Å²) in [6.07, 6.45) is 1.46. The molecule has 23 heavy (non-hydrogen) atoms. The lowest BCUT2D eigenvalue weighted by molar-refractivity contribution is 0.0531. The Kier molecular flexibility index (Phi) is 5.53. The molecule has 7 heteroatoms. The third-order valence-electron chi connectivity index (χ3n) is 3.01. The lowest BCUT2D eigenvalue weighted by Gasteiger charge is -1.98. The number of nitrogens with zero attached hydrogens (tertiary/aromatic N) is 2. The number of carbonyl (C=O) groups excluding carboxylic acids is 1. The van der Waals surface area contributed by atoms with E-state index < -0.39 is 5.97 Å². The normalized spacial score (nSPS) is 10.7. The Bertz CT molecular complexity index is 821. The molecule has 0 radical (unpaired) electrons. The summed E-state index contributed by atoms with van der Waals surface area (Å²) in [6.45, 7) is 3.68. The smallest absolute Gasteiger partial charge is 0.348 e. The van der Waals surface area contributed by atoms with Crippen LogP contribution < -0.4 is 0 Å². The third-order valence-corrected chi connectivity index (χ3v) is 4.68. The molecule has 0 aliphatic carbocycles. The number of carbonyl (C=O) groups is 1. The molecule has 1 N–H and O–H groups in total. The zero-order valence-corrected chi connectivity index (χ0v) is 14.9. The highest BCUT2D eigenvalue weighted by atomic mass is 79.9. The molecule has 2 rings (SSSR count). The van der Waals surface area contributed by atoms with Crippen molar-refractivity contribution in [2.24, 2.45) is 4.99 Å². The van der Waals surface area contributed by atoms with Gasteiger partial charge in [-0.2, -0.15) is 5.26 Å². The first kappa shape index (κ1) is 17.2. The molecule has 0 aliphatic rings. The number of rotatable bonds is 4. The predicted molar refractivity (Wildman–Crippen MR) is 92.8 cm³/mol. The van der Waals surface area contributed by atoms with Crippen LogP contribution in [-0.4, -0.2) is 23.9 Å². The standard InChI is InChI=1S/C16H13BrN2O3S/c1-3-22-16(21)14-9(2)12(7-18)15(23-14)19-8-10-6-11(17)4-5-13(10)20/h4-6,8,20H,3H2,1-2H3. The highest BCUT2D eigenvalue weighted by molar-refractivity contribution is 9.10. The quantitative estimate of drug-likeness (QED) is 0.619. The Labute approximate surface area is 146 Å². The molecule has 0 fully saturated rings. The first-order chi connectivity index (χ1) is 11.0. The van der Waals surface area contributed by atoms with Crippen molar-refractivity contribution in [1.29, 1.82) is 5.26 Å². The van der Waals surface area contributed by atoms with Crippen LogP contribution in [0.4, 0.5) is 5.00 Å². The zero-order valence-electron chi connectivity index (χ0n) is 12.5. The van der Waals surface area contributed by atoms with Crippen molar-refractivity contribution >= 4 is 44.5 Å². The topological polar surface area (TPSA) is 82.7 Å². The van der Waals surface area contributed by atoms with Gasteiger partial charge in [0.05, 0.1) is 12.2 Å². The first-order valence-corrected chi connectivity index (χ1v) is 8.32. The summed E-state index contributed by atoms with van der Waals surface area (Å²) < 4.78 is 5.78. The van der Waals surface area contributed by atoms with Gasteiger partial charge in [-0.05, 0) is 37.6 Å². The lowest BCUT2D eigenvalue weighted by Crippen LogP contribution is -2.03. The van der Waals surface area contributed by atoms with Crippen LogP contribution in [0.25, 0.3) is 0 Å². The number of nitriles is 1. The van der Waals surface area contributed by atoms with Gasteiger partial charge in [0.1, 0.15) is 21.7 Å². The number of phenolic OH excluding ortho intramolecular Hbond substituents is 1. The van der Waals surface area contributed by atoms with Crippen molar-refractivity contribution < 1.29 is 14.6 Å². The highest BCUT2D eigenvalue weighted by Gasteiger charge is 2.20. The predicted octanol–water partition coefficient (Wildman–Crippen LogP) is 4.32. The van der Waals surface area contributed by atoms with E-state index in [9.17, 15) is 15.2 Å². The lowest BCUT2D eigenvalue weighted by atomic mass is 10.2. The number of hydrogen-bond donors (Lipinski definition) is 1. The van der Waals surface area contributed by atoms with Crippen LogP contribution in [0.1, 0.15) is 33.3 Å². The molecule has 0 bridgehead atoms. The van der Waals surface area contributed by atoms with E-state index in [1.54, 1.807) is 32.0 Å². The molecule has 1 aromatic carbocycles. The second-order valence-electron chi connectivity index (χ2n) is 4.53. The number of phenols is 1. The van der Waals surface area contributed by atoms with Gasteiger partial charge < -0.3 is 9.84 Å². The second kappa shape index (κ2) is 7.40. The Morgan fingerprint density at radius 3 is 2.96 bits per heavy atom. The van der Waals surface area contributed by atoms with E-state index in [0.717, 1.165) is 15.8 Å². The highest BCUT2D eigenvalue weighted by Crippen LogP contribution is 2.35. The fourth-order valence-corrected chi connectivity index (χ4v) is 3.24. The maximum Gasteiger partial charge on any atom is 0.348 e. The molecular weight excluding hydrogens is 380 g/mol. The molecule has 1 aromatic heterocycles. The molecule has 0 spiro atoms. The number of halogens is 1. The van der Waals surface area contributed by atoms with Gasteiger partial charge in [0, 0.05) is 16.3 Å². The first-order valence-electron chi connectivity index (χ1n) is 6.71. The van der Waals surface area contributed by atoms with Crippen LogP contribution in [0.5, 0.6) is 5.75 Å². The molecule has 0 saturated heterocycles. The number of ether oxygens (including phenoxy) is 1. The van der Waals surface area contributed by atoms with Gasteiger partial charge in [-0.15, -0.1) is 11.3 Å². The van der Waals surface area contributed by atoms with E-state index in [-0.39, 0.29) is 12.4 Å². The Hall–Kier alpha value is -2.17. The van der Waals surface area contributed by atoms with Crippen molar-refractivity contribution in [3.05, 3.63) is 44.2 Å². The molecule has 5 nitrogen and oxygen atoms in total. The number of benzene rings is 1. The fourth-order valence-electron chi connectivity index (χ4n) is 1.87. The van der Waals surface area contributed by atoms with Crippen molar-refractivity contribution in [1.82, 2.24) is 0 Å². The van der Waals surface area contributed by atoms with Gasteiger partial charge in [-0.3, -0.25) is 0 Å². The van der Waals surface area contributed by atoms with Gasteiger partial charge in [-0.1, -0.05) is 15.9 Å². The van der Waals surface area contributed by atoms with Crippen molar-refractivity contribution in [3.8, 4) is 11.8 Å². The van der Waals surface area contributed by atoms with Crippen molar-refractivity contribution in [2.45, 2.75) is 13.8 Å². The third kappa shape index (κ3) is 3.78. The van der Waals surface area contributed by atoms with Gasteiger partial charge in [0.25, 0.3) is 0 Å². The molecule has 1 heterocycles. The van der Waals surface area contributed by atoms with E-state index in [4.69, 9.17) is 4.74 Å². The molecule has 2 aromatic rings. The minimum Gasteiger partial charge on any atom is -0.507 e. The van der Waals surface area contributed by atoms with Gasteiger partial charge >= 0.3 is 5.97 Å². The zero-order chi connectivity index (χ0) is 17.0. The number of hydrogen-bond acceptors (Lipinski definition) is 6. The van der Waals surface area contributed by atoms with Crippen LogP contribution in [0.2, 0.25) is 0 Å². The maximum absolute atomic E-state index is 11.9. The monoisotopic (exact) mass is 392 g/mol. The number of aromatic hydroxyl groups is 1. The Morgan fingerprint density at radius 2 is 2.30 bits per heavy atom. The van der Waals surface area contributed by atoms with E-state index in [1.807, 2.05) is 0 Å². The second-order valence-corrected chi connectivity index (χ2v) is 6.44. The molecule has 118 valence electrons. The van der Waals surface area contributed by atoms with Crippen LogP contribution in [0, 0.1) is 18.3 Å². The van der Waals surface area contributed by atoms with Crippen LogP contribution in [-0.2, 0) is 4.74 Å². The molecule has 0 saturated carbocycles. The molecule has 0 unspecified atom stereocenters. The van der Waals surface area contributed by atoms with Crippen molar-refractivity contribution in [2.75, 3.05) is 6.61 Å². The van der Waals surface area contributed by atoms with Crippen LogP contribution in [0.15, 0.2) is 27.7 Å². The summed E-state index contributed by atoms with van der Waals surface area (Å²) in [6, 6.07) is 7.02. The average Bonchev–Trinajstić information content (AvgIpc) is 2.84. The van der Waals surface area contributed by atoms with E-state index in [2.05, 4.69) is 27.0 Å². The Balaban J connectivity index is 2.42. The number of aliphatic imine (C=N–C) groups is 1. The van der Waals surface area contributed by atoms with Crippen molar-refractivity contribution in [3.63, 3.8) is 0 Å². The summed E-state index contributed by atoms with van der Waals surface area (Å²) in [5, 5.41) is 19.5. The summed E-state index contributed by atoms with van der Waals surface area (Å²) in [7, 11) is 0. The SMILES string of the molecule is CCOC(=O)c1sc(N=Cc2cc(Br)ccc2O)c(C#N)c1C. The minimum atomic E-state index is -0.460. The van der Waals surface area contributed by atoms with E-state index in [1.165, 1.54) is 6.21 Å².